The average molecular weight is 1120 g/mol. The zero-order chi connectivity index (χ0) is 58.5. The lowest BCUT2D eigenvalue weighted by molar-refractivity contribution is -0.167. The van der Waals surface area contributed by atoms with Crippen molar-refractivity contribution in [1.82, 2.24) is 0 Å². The highest BCUT2D eigenvalue weighted by atomic mass is 16.6. The van der Waals surface area contributed by atoms with Gasteiger partial charge in [0.15, 0.2) is 6.10 Å². The van der Waals surface area contributed by atoms with E-state index in [2.05, 4.69) is 179 Å². The highest BCUT2D eigenvalue weighted by Crippen LogP contribution is 2.16. The van der Waals surface area contributed by atoms with Crippen molar-refractivity contribution in [3.05, 3.63) is 158 Å². The number of hydrogen-bond acceptors (Lipinski definition) is 6. The molecule has 0 saturated heterocycles. The Morgan fingerprint density at radius 2 is 0.444 bits per heavy atom. The van der Waals surface area contributed by atoms with Gasteiger partial charge in [0.25, 0.3) is 0 Å². The van der Waals surface area contributed by atoms with Crippen molar-refractivity contribution >= 4 is 17.9 Å². The van der Waals surface area contributed by atoms with Crippen LogP contribution in [0.25, 0.3) is 0 Å². The summed E-state index contributed by atoms with van der Waals surface area (Å²) in [7, 11) is 0. The van der Waals surface area contributed by atoms with Crippen molar-refractivity contribution in [2.24, 2.45) is 0 Å². The first-order valence-corrected chi connectivity index (χ1v) is 33.0. The second kappa shape index (κ2) is 67.5. The molecule has 0 saturated carbocycles. The maximum atomic E-state index is 12.9. The molecule has 0 radical (unpaired) electrons. The number of rotatable bonds is 58. The molecule has 0 aliphatic rings. The molecule has 0 bridgehead atoms. The molecule has 0 amide bonds. The molecule has 81 heavy (non-hydrogen) atoms. The molecular formula is C75H120O6. The van der Waals surface area contributed by atoms with Crippen LogP contribution in [0.4, 0.5) is 0 Å². The summed E-state index contributed by atoms with van der Waals surface area (Å²) in [6, 6.07) is 0. The first-order valence-electron chi connectivity index (χ1n) is 33.0. The van der Waals surface area contributed by atoms with Crippen molar-refractivity contribution in [1.29, 1.82) is 0 Å². The van der Waals surface area contributed by atoms with Crippen LogP contribution in [0.15, 0.2) is 158 Å². The monoisotopic (exact) mass is 1120 g/mol. The van der Waals surface area contributed by atoms with E-state index in [1.165, 1.54) is 77.0 Å². The molecule has 1 unspecified atom stereocenters. The number of carbonyl (C=O) groups is 3. The second-order valence-electron chi connectivity index (χ2n) is 21.2. The number of hydrogen-bond donors (Lipinski definition) is 0. The molecule has 0 aromatic carbocycles. The lowest BCUT2D eigenvalue weighted by atomic mass is 10.0. The maximum Gasteiger partial charge on any atom is 0.306 e. The van der Waals surface area contributed by atoms with Crippen LogP contribution >= 0.6 is 0 Å². The van der Waals surface area contributed by atoms with Crippen LogP contribution in [-0.4, -0.2) is 37.2 Å². The summed E-state index contributed by atoms with van der Waals surface area (Å²) in [4.78, 5) is 38.3. The predicted molar refractivity (Wildman–Crippen MR) is 352 cm³/mol. The molecule has 6 nitrogen and oxygen atoms in total. The van der Waals surface area contributed by atoms with Crippen LogP contribution in [0.2, 0.25) is 0 Å². The van der Waals surface area contributed by atoms with Crippen LogP contribution in [0.1, 0.15) is 278 Å². The van der Waals surface area contributed by atoms with Gasteiger partial charge in [0.2, 0.25) is 0 Å². The highest BCUT2D eigenvalue weighted by Gasteiger charge is 2.19. The van der Waals surface area contributed by atoms with Crippen LogP contribution in [-0.2, 0) is 28.6 Å². The van der Waals surface area contributed by atoms with Gasteiger partial charge < -0.3 is 14.2 Å². The van der Waals surface area contributed by atoms with Crippen molar-refractivity contribution in [2.45, 2.75) is 284 Å². The topological polar surface area (TPSA) is 78.9 Å². The van der Waals surface area contributed by atoms with E-state index < -0.39 is 6.10 Å². The summed E-state index contributed by atoms with van der Waals surface area (Å²) in [5.41, 5.74) is 0. The fraction of sp³-hybridized carbons (Fsp3) is 0.613. The van der Waals surface area contributed by atoms with Crippen LogP contribution < -0.4 is 0 Å². The molecule has 0 aromatic heterocycles. The molecule has 456 valence electrons. The zero-order valence-electron chi connectivity index (χ0n) is 52.2. The minimum absolute atomic E-state index is 0.104. The third-order valence-corrected chi connectivity index (χ3v) is 13.5. The van der Waals surface area contributed by atoms with E-state index in [0.29, 0.717) is 12.8 Å². The van der Waals surface area contributed by atoms with Gasteiger partial charge in [-0.15, -0.1) is 0 Å². The van der Waals surface area contributed by atoms with E-state index in [1.54, 1.807) is 0 Å². The summed E-state index contributed by atoms with van der Waals surface area (Å²) in [5, 5.41) is 0. The van der Waals surface area contributed by atoms with Crippen LogP contribution in [0, 0.1) is 0 Å². The quantitative estimate of drug-likeness (QED) is 0.0261. The fourth-order valence-corrected chi connectivity index (χ4v) is 8.69. The Labute approximate surface area is 499 Å². The van der Waals surface area contributed by atoms with E-state index in [-0.39, 0.29) is 37.5 Å². The largest absolute Gasteiger partial charge is 0.462 e. The summed E-state index contributed by atoms with van der Waals surface area (Å²) in [5.74, 6) is -0.961. The molecule has 0 heterocycles. The first kappa shape index (κ1) is 76.0. The molecule has 1 atom stereocenters. The molecule has 0 N–H and O–H groups in total. The number of unbranched alkanes of at least 4 members (excludes halogenated alkanes) is 21. The summed E-state index contributed by atoms with van der Waals surface area (Å²) in [6.07, 6.45) is 98.3. The van der Waals surface area contributed by atoms with Gasteiger partial charge in [0.1, 0.15) is 13.2 Å². The lowest BCUT2D eigenvalue weighted by Crippen LogP contribution is -2.30. The van der Waals surface area contributed by atoms with Gasteiger partial charge in [0, 0.05) is 19.3 Å². The highest BCUT2D eigenvalue weighted by molar-refractivity contribution is 5.71. The van der Waals surface area contributed by atoms with E-state index in [4.69, 9.17) is 14.2 Å². The van der Waals surface area contributed by atoms with E-state index in [9.17, 15) is 14.4 Å². The van der Waals surface area contributed by atoms with Gasteiger partial charge in [-0.1, -0.05) is 275 Å². The standard InChI is InChI=1S/C75H120O6/c1-4-7-10-13-16-19-22-25-27-29-31-33-35-36-37-38-40-41-43-45-47-50-53-56-59-62-65-68-74(77)80-71-72(70-79-73(76)67-64-61-58-55-52-49-24-21-18-15-12-9-6-3)81-75(78)69-66-63-60-57-54-51-48-46-44-42-39-34-32-30-28-26-23-20-17-14-11-8-5-2/h7-12,16-21,25-28,31-34,42,44,48-49,51-52,72H,4-6,13-15,22-24,29-30,35-41,43,45-47,50,53-71H2,1-3H3/b10-7-,11-8-,12-9-,19-16-,20-17-,21-18-,27-25-,28-26-,33-31-,34-32-,44-42-,51-48-,52-49-. The number of carbonyl (C=O) groups excluding carboxylic acids is 3. The Hall–Kier alpha value is -4.97. The lowest BCUT2D eigenvalue weighted by Gasteiger charge is -2.18. The maximum absolute atomic E-state index is 12.9. The first-order chi connectivity index (χ1) is 40.0. The Kier molecular flexibility index (Phi) is 63.4. The van der Waals surface area contributed by atoms with E-state index in [0.717, 1.165) is 161 Å². The zero-order valence-corrected chi connectivity index (χ0v) is 52.2. The van der Waals surface area contributed by atoms with Gasteiger partial charge in [0.05, 0.1) is 0 Å². The molecule has 0 rings (SSSR count). The van der Waals surface area contributed by atoms with Gasteiger partial charge in [-0.3, -0.25) is 14.4 Å². The molecule has 0 aliphatic heterocycles. The Morgan fingerprint density at radius 1 is 0.247 bits per heavy atom. The number of esters is 3. The average Bonchev–Trinajstić information content (AvgIpc) is 3.46. The normalized spacial score (nSPS) is 13.2. The molecule has 0 aromatic rings. The Balaban J connectivity index is 4.38. The van der Waals surface area contributed by atoms with Crippen LogP contribution in [0.5, 0.6) is 0 Å². The molecule has 6 heteroatoms. The predicted octanol–water partition coefficient (Wildman–Crippen LogP) is 22.9. The number of ether oxygens (including phenoxy) is 3. The van der Waals surface area contributed by atoms with Crippen molar-refractivity contribution < 1.29 is 28.6 Å². The fourth-order valence-electron chi connectivity index (χ4n) is 8.69. The van der Waals surface area contributed by atoms with Gasteiger partial charge >= 0.3 is 17.9 Å². The van der Waals surface area contributed by atoms with E-state index >= 15 is 0 Å². The van der Waals surface area contributed by atoms with Gasteiger partial charge in [-0.2, -0.15) is 0 Å². The summed E-state index contributed by atoms with van der Waals surface area (Å²) in [6.45, 7) is 6.26. The van der Waals surface area contributed by atoms with Gasteiger partial charge in [-0.05, 0) is 141 Å². The Bertz CT molecular complexity index is 1810. The summed E-state index contributed by atoms with van der Waals surface area (Å²) >= 11 is 0. The van der Waals surface area contributed by atoms with Crippen molar-refractivity contribution in [3.8, 4) is 0 Å². The third kappa shape index (κ3) is 65.7. The minimum Gasteiger partial charge on any atom is -0.462 e. The number of allylic oxidation sites excluding steroid dienone is 26. The third-order valence-electron chi connectivity index (χ3n) is 13.5. The molecule has 0 fully saturated rings. The van der Waals surface area contributed by atoms with Crippen LogP contribution in [0.3, 0.4) is 0 Å². The van der Waals surface area contributed by atoms with Crippen molar-refractivity contribution in [3.63, 3.8) is 0 Å². The second-order valence-corrected chi connectivity index (χ2v) is 21.2. The van der Waals surface area contributed by atoms with Gasteiger partial charge in [-0.25, -0.2) is 0 Å². The summed E-state index contributed by atoms with van der Waals surface area (Å²) < 4.78 is 16.9. The Morgan fingerprint density at radius 3 is 0.704 bits per heavy atom. The van der Waals surface area contributed by atoms with Crippen molar-refractivity contribution in [2.75, 3.05) is 13.2 Å². The molecular weight excluding hydrogens is 997 g/mol. The molecule has 0 aliphatic carbocycles. The SMILES string of the molecule is CC/C=C\C/C=C\C/C=C\C/C=C\C/C=C\C/C=C\CCCCCCC(=O)OC(COC(=O)CCCCC/C=C\C/C=C\C/C=C\CC)COC(=O)CCCCCCCCCCCCCCCC/C=C\C/C=C\C/C=C\C/C=C\CC. The smallest absolute Gasteiger partial charge is 0.306 e. The minimum atomic E-state index is -0.813. The van der Waals surface area contributed by atoms with E-state index in [1.807, 2.05) is 0 Å². The molecule has 0 spiro atoms.